The van der Waals surface area contributed by atoms with Crippen LogP contribution in [-0.4, -0.2) is 12.8 Å². The molecule has 0 heterocycles. The molecule has 0 bridgehead atoms. The largest absolute Gasteiger partial charge is 0.490 e. The lowest BCUT2D eigenvalue weighted by atomic mass is 10.1. The molecular weight excluding hydrogens is 356 g/mol. The lowest BCUT2D eigenvalue weighted by Crippen LogP contribution is -2.01. The molecule has 2 aromatic rings. The number of aliphatic imine (C=N–C) groups is 1. The fraction of sp³-hybridized carbons (Fsp3) is 0.458. The molecule has 0 spiro atoms. The number of halogens is 2. The van der Waals surface area contributed by atoms with Gasteiger partial charge in [0.2, 0.25) is 5.82 Å². The Kier molecular flexibility index (Phi) is 9.67. The predicted octanol–water partition coefficient (Wildman–Crippen LogP) is 7.41. The number of benzene rings is 2. The van der Waals surface area contributed by atoms with Crippen molar-refractivity contribution in [1.29, 1.82) is 0 Å². The van der Waals surface area contributed by atoms with E-state index in [-0.39, 0.29) is 11.4 Å². The third-order valence-corrected chi connectivity index (χ3v) is 4.65. The number of unbranched alkanes of at least 4 members (excludes halogenated alkanes) is 5. The normalized spacial score (nSPS) is 11.3. The van der Waals surface area contributed by atoms with Gasteiger partial charge in [-0.2, -0.15) is 4.39 Å². The van der Waals surface area contributed by atoms with E-state index in [0.717, 1.165) is 37.7 Å². The number of hydrogen-bond acceptors (Lipinski definition) is 2. The zero-order valence-corrected chi connectivity index (χ0v) is 17.0. The second kappa shape index (κ2) is 12.3. The lowest BCUT2D eigenvalue weighted by Gasteiger charge is -2.08. The highest BCUT2D eigenvalue weighted by atomic mass is 19.2. The van der Waals surface area contributed by atoms with Crippen LogP contribution < -0.4 is 4.74 Å². The molecule has 0 saturated carbocycles. The Balaban J connectivity index is 1.90. The summed E-state index contributed by atoms with van der Waals surface area (Å²) in [6, 6.07) is 10.8. The molecule has 28 heavy (non-hydrogen) atoms. The molecular formula is C24H31F2NO. The summed E-state index contributed by atoms with van der Waals surface area (Å²) in [5.41, 5.74) is 2.08. The molecule has 2 rings (SSSR count). The van der Waals surface area contributed by atoms with Crippen molar-refractivity contribution in [2.75, 3.05) is 6.61 Å². The summed E-state index contributed by atoms with van der Waals surface area (Å²) in [6.07, 6.45) is 10.4. The van der Waals surface area contributed by atoms with Gasteiger partial charge in [0.15, 0.2) is 11.6 Å². The first-order valence-electron chi connectivity index (χ1n) is 10.4. The minimum absolute atomic E-state index is 0.0259. The molecule has 0 aliphatic rings. The number of aryl methyl sites for hydroxylation is 1. The molecule has 0 unspecified atom stereocenters. The molecule has 0 fully saturated rings. The van der Waals surface area contributed by atoms with Crippen LogP contribution in [0.1, 0.15) is 69.9 Å². The van der Waals surface area contributed by atoms with Crippen LogP contribution in [0.3, 0.4) is 0 Å². The van der Waals surface area contributed by atoms with Crippen molar-refractivity contribution >= 4 is 11.9 Å². The van der Waals surface area contributed by atoms with Crippen LogP contribution in [0.25, 0.3) is 0 Å². The highest BCUT2D eigenvalue weighted by molar-refractivity contribution is 5.82. The van der Waals surface area contributed by atoms with E-state index in [1.165, 1.54) is 37.0 Å². The fourth-order valence-electron chi connectivity index (χ4n) is 3.00. The lowest BCUT2D eigenvalue weighted by molar-refractivity contribution is 0.285. The zero-order valence-electron chi connectivity index (χ0n) is 17.0. The first-order chi connectivity index (χ1) is 13.7. The molecule has 2 nitrogen and oxygen atoms in total. The average Bonchev–Trinajstić information content (AvgIpc) is 2.71. The van der Waals surface area contributed by atoms with Gasteiger partial charge < -0.3 is 4.74 Å². The van der Waals surface area contributed by atoms with Gasteiger partial charge >= 0.3 is 0 Å². The van der Waals surface area contributed by atoms with E-state index in [0.29, 0.717) is 6.61 Å². The summed E-state index contributed by atoms with van der Waals surface area (Å²) in [5.74, 6) is -1.99. The Bertz CT molecular complexity index is 741. The van der Waals surface area contributed by atoms with E-state index in [2.05, 4.69) is 18.8 Å². The Hall–Kier alpha value is -2.23. The summed E-state index contributed by atoms with van der Waals surface area (Å²) in [4.78, 5) is 4.10. The third kappa shape index (κ3) is 7.06. The minimum Gasteiger partial charge on any atom is -0.490 e. The molecule has 0 aromatic heterocycles. The Labute approximate surface area is 167 Å². The first kappa shape index (κ1) is 22.1. The molecule has 152 valence electrons. The van der Waals surface area contributed by atoms with Gasteiger partial charge in [-0.15, -0.1) is 0 Å². The molecule has 0 atom stereocenters. The molecule has 4 heteroatoms. The van der Waals surface area contributed by atoms with Gasteiger partial charge in [0.25, 0.3) is 0 Å². The van der Waals surface area contributed by atoms with Crippen LogP contribution in [0.2, 0.25) is 0 Å². The molecule has 0 aliphatic carbocycles. The van der Waals surface area contributed by atoms with Gasteiger partial charge in [0.05, 0.1) is 6.61 Å². The van der Waals surface area contributed by atoms with Crippen LogP contribution in [0.15, 0.2) is 41.4 Å². The highest BCUT2D eigenvalue weighted by Crippen LogP contribution is 2.28. The van der Waals surface area contributed by atoms with E-state index in [1.54, 1.807) is 6.21 Å². The van der Waals surface area contributed by atoms with Crippen molar-refractivity contribution < 1.29 is 13.5 Å². The summed E-state index contributed by atoms with van der Waals surface area (Å²) in [7, 11) is 0. The van der Waals surface area contributed by atoms with Gasteiger partial charge in [-0.05, 0) is 36.1 Å². The van der Waals surface area contributed by atoms with Crippen molar-refractivity contribution in [3.8, 4) is 5.75 Å². The van der Waals surface area contributed by atoms with Crippen molar-refractivity contribution in [1.82, 2.24) is 0 Å². The molecule has 0 saturated heterocycles. The third-order valence-electron chi connectivity index (χ3n) is 4.65. The highest BCUT2D eigenvalue weighted by Gasteiger charge is 2.14. The van der Waals surface area contributed by atoms with Crippen molar-refractivity contribution in [2.45, 2.75) is 65.2 Å². The number of ether oxygens (including phenoxy) is 1. The monoisotopic (exact) mass is 387 g/mol. The van der Waals surface area contributed by atoms with Crippen LogP contribution in [-0.2, 0) is 6.42 Å². The topological polar surface area (TPSA) is 21.6 Å². The maximum atomic E-state index is 14.3. The van der Waals surface area contributed by atoms with Gasteiger partial charge in [-0.25, -0.2) is 4.39 Å². The number of rotatable bonds is 12. The van der Waals surface area contributed by atoms with Crippen molar-refractivity contribution in [2.24, 2.45) is 4.99 Å². The standard InChI is InChI=1S/C24H31F2NO/c1-3-5-6-7-8-9-17-28-22-16-15-21(23(25)24(22)26)27-18-20-13-11-19(10-4-2)12-14-20/h11-16,18H,3-10,17H2,1-2H3/b27-18-. The van der Waals surface area contributed by atoms with E-state index in [4.69, 9.17) is 4.74 Å². The minimum atomic E-state index is -0.973. The van der Waals surface area contributed by atoms with Gasteiger partial charge in [-0.1, -0.05) is 76.6 Å². The van der Waals surface area contributed by atoms with Gasteiger partial charge in [0, 0.05) is 6.21 Å². The Morgan fingerprint density at radius 3 is 2.25 bits per heavy atom. The maximum absolute atomic E-state index is 14.3. The molecule has 0 N–H and O–H groups in total. The maximum Gasteiger partial charge on any atom is 0.202 e. The van der Waals surface area contributed by atoms with E-state index < -0.39 is 11.6 Å². The predicted molar refractivity (Wildman–Crippen MR) is 113 cm³/mol. The number of nitrogens with zero attached hydrogens (tertiary/aromatic N) is 1. The SMILES string of the molecule is CCCCCCCCOc1ccc(/N=C\c2ccc(CCC)cc2)c(F)c1F. The zero-order chi connectivity index (χ0) is 20.2. The molecule has 0 aliphatic heterocycles. The van der Waals surface area contributed by atoms with E-state index in [1.807, 2.05) is 24.3 Å². The number of hydrogen-bond donors (Lipinski definition) is 0. The van der Waals surface area contributed by atoms with Crippen LogP contribution in [0, 0.1) is 11.6 Å². The second-order valence-electron chi connectivity index (χ2n) is 7.08. The Morgan fingerprint density at radius 2 is 1.54 bits per heavy atom. The van der Waals surface area contributed by atoms with Crippen molar-refractivity contribution in [3.63, 3.8) is 0 Å². The van der Waals surface area contributed by atoms with Crippen LogP contribution in [0.4, 0.5) is 14.5 Å². The first-order valence-corrected chi connectivity index (χ1v) is 10.4. The van der Waals surface area contributed by atoms with Gasteiger partial charge in [-0.3, -0.25) is 4.99 Å². The summed E-state index contributed by atoms with van der Waals surface area (Å²) < 4.78 is 33.9. The van der Waals surface area contributed by atoms with E-state index in [9.17, 15) is 8.78 Å². The van der Waals surface area contributed by atoms with Crippen molar-refractivity contribution in [3.05, 3.63) is 59.2 Å². The summed E-state index contributed by atoms with van der Waals surface area (Å²) in [5, 5.41) is 0. The van der Waals surface area contributed by atoms with Gasteiger partial charge in [0.1, 0.15) is 5.69 Å². The summed E-state index contributed by atoms with van der Waals surface area (Å²) >= 11 is 0. The van der Waals surface area contributed by atoms with Crippen LogP contribution >= 0.6 is 0 Å². The quantitative estimate of drug-likeness (QED) is 0.274. The molecule has 0 radical (unpaired) electrons. The smallest absolute Gasteiger partial charge is 0.202 e. The molecule has 2 aromatic carbocycles. The fourth-order valence-corrected chi connectivity index (χ4v) is 3.00. The average molecular weight is 388 g/mol. The summed E-state index contributed by atoms with van der Waals surface area (Å²) in [6.45, 7) is 4.71. The Morgan fingerprint density at radius 1 is 0.821 bits per heavy atom. The van der Waals surface area contributed by atoms with Crippen LogP contribution in [0.5, 0.6) is 5.75 Å². The van der Waals surface area contributed by atoms with E-state index >= 15 is 0 Å². The second-order valence-corrected chi connectivity index (χ2v) is 7.08. The molecule has 0 amide bonds.